The highest BCUT2D eigenvalue weighted by molar-refractivity contribution is 7.17. The summed E-state index contributed by atoms with van der Waals surface area (Å²) < 4.78 is 0. The summed E-state index contributed by atoms with van der Waals surface area (Å²) in [4.78, 5) is 14.0. The van der Waals surface area contributed by atoms with Gasteiger partial charge in [0.25, 0.3) is 0 Å². The lowest BCUT2D eigenvalue weighted by Crippen LogP contribution is -2.06. The average Bonchev–Trinajstić information content (AvgIpc) is 3.05. The molecule has 0 aliphatic heterocycles. The summed E-state index contributed by atoms with van der Waals surface area (Å²) in [6, 6.07) is 16.1. The number of thiophene rings is 1. The van der Waals surface area contributed by atoms with Crippen LogP contribution in [0.15, 0.2) is 60.1 Å². The van der Waals surface area contributed by atoms with Gasteiger partial charge in [-0.05, 0) is 17.7 Å². The molecule has 0 saturated heterocycles. The van der Waals surface area contributed by atoms with E-state index in [2.05, 4.69) is 37.8 Å². The van der Waals surface area contributed by atoms with Crippen molar-refractivity contribution in [3.05, 3.63) is 65.8 Å². The molecule has 3 heterocycles. The largest absolute Gasteiger partial charge is 0.368 e. The van der Waals surface area contributed by atoms with Gasteiger partial charge in [0, 0.05) is 17.1 Å². The first-order valence-electron chi connectivity index (χ1n) is 7.55. The van der Waals surface area contributed by atoms with Crippen molar-refractivity contribution in [2.24, 2.45) is 0 Å². The van der Waals surface area contributed by atoms with Gasteiger partial charge in [-0.1, -0.05) is 36.4 Å². The van der Waals surface area contributed by atoms with Crippen molar-refractivity contribution in [3.8, 4) is 11.1 Å². The first-order chi connectivity index (χ1) is 11.8. The van der Waals surface area contributed by atoms with Crippen molar-refractivity contribution in [2.75, 3.05) is 11.1 Å². The Labute approximate surface area is 143 Å². The fraction of sp³-hybridized carbons (Fsp3) is 0.0556. The third kappa shape index (κ3) is 2.79. The lowest BCUT2D eigenvalue weighted by Gasteiger charge is -2.09. The predicted molar refractivity (Wildman–Crippen MR) is 98.8 cm³/mol. The van der Waals surface area contributed by atoms with Crippen molar-refractivity contribution in [3.63, 3.8) is 0 Å². The van der Waals surface area contributed by atoms with Crippen molar-refractivity contribution >= 4 is 33.3 Å². The summed E-state index contributed by atoms with van der Waals surface area (Å²) in [7, 11) is 0. The third-order valence-electron chi connectivity index (χ3n) is 3.70. The van der Waals surface area contributed by atoms with E-state index in [1.165, 1.54) is 0 Å². The minimum absolute atomic E-state index is 0.271. The van der Waals surface area contributed by atoms with Crippen LogP contribution in [0.4, 0.5) is 11.8 Å². The first kappa shape index (κ1) is 14.6. The number of aromatic nitrogens is 3. The van der Waals surface area contributed by atoms with Crippen LogP contribution in [0.3, 0.4) is 0 Å². The fourth-order valence-corrected chi connectivity index (χ4v) is 3.55. The van der Waals surface area contributed by atoms with Crippen LogP contribution < -0.4 is 11.1 Å². The Morgan fingerprint density at radius 2 is 1.83 bits per heavy atom. The van der Waals surface area contributed by atoms with E-state index in [-0.39, 0.29) is 5.95 Å². The summed E-state index contributed by atoms with van der Waals surface area (Å²) in [5.41, 5.74) is 9.06. The Kier molecular flexibility index (Phi) is 3.80. The third-order valence-corrected chi connectivity index (χ3v) is 4.57. The first-order valence-corrected chi connectivity index (χ1v) is 8.43. The molecule has 0 atom stereocenters. The maximum Gasteiger partial charge on any atom is 0.223 e. The molecule has 1 aromatic carbocycles. The maximum absolute atomic E-state index is 5.87. The predicted octanol–water partition coefficient (Wildman–Crippen LogP) is 3.95. The van der Waals surface area contributed by atoms with Crippen LogP contribution in [0.25, 0.3) is 21.3 Å². The zero-order valence-corrected chi connectivity index (χ0v) is 13.6. The molecule has 0 amide bonds. The van der Waals surface area contributed by atoms with E-state index in [4.69, 9.17) is 5.73 Å². The second-order valence-corrected chi connectivity index (χ2v) is 6.16. The lowest BCUT2D eigenvalue weighted by molar-refractivity contribution is 1.03. The van der Waals surface area contributed by atoms with Crippen LogP contribution in [0.5, 0.6) is 0 Å². The number of benzene rings is 1. The summed E-state index contributed by atoms with van der Waals surface area (Å²) in [5.74, 6) is 1.01. The number of nitrogens with one attached hydrogen (secondary N) is 1. The van der Waals surface area contributed by atoms with Gasteiger partial charge < -0.3 is 11.1 Å². The molecule has 0 radical (unpaired) electrons. The van der Waals surface area contributed by atoms with Gasteiger partial charge in [0.2, 0.25) is 5.95 Å². The molecule has 118 valence electrons. The highest BCUT2D eigenvalue weighted by Gasteiger charge is 2.14. The van der Waals surface area contributed by atoms with Crippen molar-refractivity contribution in [1.29, 1.82) is 0 Å². The van der Waals surface area contributed by atoms with E-state index in [9.17, 15) is 0 Å². The van der Waals surface area contributed by atoms with Gasteiger partial charge in [-0.25, -0.2) is 4.98 Å². The van der Waals surface area contributed by atoms with Crippen LogP contribution in [0.1, 0.15) is 5.69 Å². The molecule has 0 spiro atoms. The van der Waals surface area contributed by atoms with Crippen molar-refractivity contribution < 1.29 is 0 Å². The second-order valence-electron chi connectivity index (χ2n) is 5.30. The minimum Gasteiger partial charge on any atom is -0.368 e. The van der Waals surface area contributed by atoms with E-state index in [1.54, 1.807) is 17.5 Å². The molecule has 0 aliphatic carbocycles. The molecule has 0 aliphatic rings. The van der Waals surface area contributed by atoms with E-state index in [1.807, 2.05) is 36.4 Å². The Balaban J connectivity index is 1.77. The zero-order valence-electron chi connectivity index (χ0n) is 12.8. The summed E-state index contributed by atoms with van der Waals surface area (Å²) in [5, 5.41) is 6.45. The normalized spacial score (nSPS) is 10.8. The van der Waals surface area contributed by atoms with Crippen LogP contribution in [0.2, 0.25) is 0 Å². The lowest BCUT2D eigenvalue weighted by atomic mass is 10.1. The number of nitrogens with zero attached hydrogens (tertiary/aromatic N) is 3. The highest BCUT2D eigenvalue weighted by atomic mass is 32.1. The van der Waals surface area contributed by atoms with Crippen molar-refractivity contribution in [2.45, 2.75) is 6.54 Å². The van der Waals surface area contributed by atoms with Crippen LogP contribution in [-0.4, -0.2) is 15.0 Å². The smallest absolute Gasteiger partial charge is 0.223 e. The van der Waals surface area contributed by atoms with Crippen LogP contribution in [0, 0.1) is 0 Å². The number of fused-ring (bicyclic) bond motifs is 1. The number of hydrogen-bond acceptors (Lipinski definition) is 6. The monoisotopic (exact) mass is 333 g/mol. The molecule has 5 nitrogen and oxygen atoms in total. The molecular formula is C18H15N5S. The number of nitrogens with two attached hydrogens (primary N) is 1. The molecule has 0 bridgehead atoms. The van der Waals surface area contributed by atoms with Gasteiger partial charge in [-0.3, -0.25) is 4.98 Å². The number of nitrogen functional groups attached to an aromatic ring is 1. The Morgan fingerprint density at radius 3 is 2.62 bits per heavy atom. The standard InChI is InChI=1S/C18H15N5S/c19-18-22-16(21-10-13-8-4-5-9-20-13)15-14(11-24-17(15)23-18)12-6-2-1-3-7-12/h1-9,11H,10H2,(H3,19,21,22,23). The van der Waals surface area contributed by atoms with Crippen LogP contribution >= 0.6 is 11.3 Å². The molecule has 4 rings (SSSR count). The second kappa shape index (κ2) is 6.25. The van der Waals surface area contributed by atoms with Gasteiger partial charge in [0.05, 0.1) is 17.6 Å². The molecule has 4 aromatic rings. The molecular weight excluding hydrogens is 318 g/mol. The topological polar surface area (TPSA) is 76.7 Å². The molecule has 0 fully saturated rings. The van der Waals surface area contributed by atoms with Gasteiger partial charge >= 0.3 is 0 Å². The van der Waals surface area contributed by atoms with Gasteiger partial charge in [0.1, 0.15) is 10.6 Å². The molecule has 0 unspecified atom stereocenters. The number of hydrogen-bond donors (Lipinski definition) is 2. The summed E-state index contributed by atoms with van der Waals surface area (Å²) in [6.45, 7) is 0.580. The minimum atomic E-state index is 0.271. The Hall–Kier alpha value is -2.99. The van der Waals surface area contributed by atoms with E-state index in [0.717, 1.165) is 32.9 Å². The molecule has 3 N–H and O–H groups in total. The van der Waals surface area contributed by atoms with Gasteiger partial charge in [-0.15, -0.1) is 11.3 Å². The molecule has 0 saturated carbocycles. The van der Waals surface area contributed by atoms with E-state index < -0.39 is 0 Å². The van der Waals surface area contributed by atoms with Crippen LogP contribution in [-0.2, 0) is 6.54 Å². The molecule has 24 heavy (non-hydrogen) atoms. The quantitative estimate of drug-likeness (QED) is 0.591. The Bertz CT molecular complexity index is 967. The van der Waals surface area contributed by atoms with Gasteiger partial charge in [0.15, 0.2) is 0 Å². The zero-order chi connectivity index (χ0) is 16.4. The average molecular weight is 333 g/mol. The number of rotatable bonds is 4. The fourth-order valence-electron chi connectivity index (χ4n) is 2.59. The number of pyridine rings is 1. The number of anilines is 2. The van der Waals surface area contributed by atoms with E-state index >= 15 is 0 Å². The molecule has 3 aromatic heterocycles. The molecule has 6 heteroatoms. The van der Waals surface area contributed by atoms with Gasteiger partial charge in [-0.2, -0.15) is 4.98 Å². The SMILES string of the molecule is Nc1nc(NCc2ccccn2)c2c(-c3ccccc3)csc2n1. The van der Waals surface area contributed by atoms with E-state index in [0.29, 0.717) is 6.54 Å². The van der Waals surface area contributed by atoms with Crippen molar-refractivity contribution in [1.82, 2.24) is 15.0 Å². The summed E-state index contributed by atoms with van der Waals surface area (Å²) >= 11 is 1.57. The highest BCUT2D eigenvalue weighted by Crippen LogP contribution is 2.37. The summed E-state index contributed by atoms with van der Waals surface area (Å²) in [6.07, 6.45) is 1.78. The maximum atomic E-state index is 5.87. The Morgan fingerprint density at radius 1 is 1.00 bits per heavy atom.